The van der Waals surface area contributed by atoms with Crippen molar-refractivity contribution in [3.8, 4) is 0 Å². The number of carbonyl (C=O) groups excluding carboxylic acids is 1. The summed E-state index contributed by atoms with van der Waals surface area (Å²) in [7, 11) is 0. The van der Waals surface area contributed by atoms with Crippen molar-refractivity contribution in [1.29, 1.82) is 0 Å². The molecule has 1 N–H and O–H groups in total. The Morgan fingerprint density at radius 2 is 1.70 bits per heavy atom. The number of carbonyl (C=O) groups is 1. The van der Waals surface area contributed by atoms with Gasteiger partial charge < -0.3 is 10.1 Å². The maximum Gasteiger partial charge on any atom is 0.231 e. The zero-order valence-corrected chi connectivity index (χ0v) is 12.9. The summed E-state index contributed by atoms with van der Waals surface area (Å²) in [4.78, 5) is 12.9. The predicted octanol–water partition coefficient (Wildman–Crippen LogP) is 3.19. The van der Waals surface area contributed by atoms with E-state index in [1.165, 1.54) is 12.1 Å². The lowest BCUT2D eigenvalue weighted by atomic mass is 9.73. The Morgan fingerprint density at radius 3 is 2.35 bits per heavy atom. The molecule has 0 saturated carbocycles. The summed E-state index contributed by atoms with van der Waals surface area (Å²) in [5.74, 6) is -0.262. The summed E-state index contributed by atoms with van der Waals surface area (Å²) in [5.41, 5.74) is 1.37. The highest BCUT2D eigenvalue weighted by Crippen LogP contribution is 2.35. The third-order valence-electron chi connectivity index (χ3n) is 4.47. The van der Waals surface area contributed by atoms with Gasteiger partial charge in [-0.25, -0.2) is 4.39 Å². The normalized spacial score (nSPS) is 16.7. The van der Waals surface area contributed by atoms with E-state index in [1.54, 1.807) is 12.1 Å². The number of hydrogen-bond acceptors (Lipinski definition) is 2. The molecule has 1 fully saturated rings. The monoisotopic (exact) mass is 313 g/mol. The average Bonchev–Trinajstić information content (AvgIpc) is 2.62. The van der Waals surface area contributed by atoms with Gasteiger partial charge in [0.05, 0.1) is 5.41 Å². The van der Waals surface area contributed by atoms with E-state index in [1.807, 2.05) is 30.3 Å². The van der Waals surface area contributed by atoms with E-state index in [9.17, 15) is 9.18 Å². The second-order valence-electron chi connectivity index (χ2n) is 5.87. The highest BCUT2D eigenvalue weighted by Gasteiger charge is 2.41. The van der Waals surface area contributed by atoms with Crippen molar-refractivity contribution in [1.82, 2.24) is 5.32 Å². The Labute approximate surface area is 135 Å². The molecular weight excluding hydrogens is 293 g/mol. The van der Waals surface area contributed by atoms with Crippen LogP contribution in [0.25, 0.3) is 0 Å². The highest BCUT2D eigenvalue weighted by molar-refractivity contribution is 5.88. The van der Waals surface area contributed by atoms with Crippen LogP contribution in [0.1, 0.15) is 24.0 Å². The Kier molecular flexibility index (Phi) is 4.72. The number of rotatable bonds is 4. The molecular formula is C19H20FNO2. The fourth-order valence-electron chi connectivity index (χ4n) is 3.08. The van der Waals surface area contributed by atoms with Crippen LogP contribution in [-0.4, -0.2) is 19.1 Å². The molecule has 1 aliphatic heterocycles. The van der Waals surface area contributed by atoms with Crippen molar-refractivity contribution in [2.24, 2.45) is 0 Å². The van der Waals surface area contributed by atoms with Gasteiger partial charge in [0, 0.05) is 19.8 Å². The number of ether oxygens (including phenoxy) is 1. The summed E-state index contributed by atoms with van der Waals surface area (Å²) < 4.78 is 18.4. The lowest BCUT2D eigenvalue weighted by Gasteiger charge is -2.36. The molecule has 0 unspecified atom stereocenters. The van der Waals surface area contributed by atoms with Gasteiger partial charge in [-0.2, -0.15) is 0 Å². The van der Waals surface area contributed by atoms with E-state index in [2.05, 4.69) is 5.32 Å². The number of nitrogens with one attached hydrogen (secondary N) is 1. The van der Waals surface area contributed by atoms with E-state index < -0.39 is 5.41 Å². The fraction of sp³-hybridized carbons (Fsp3) is 0.316. The van der Waals surface area contributed by atoms with Crippen LogP contribution in [0.2, 0.25) is 0 Å². The van der Waals surface area contributed by atoms with Gasteiger partial charge >= 0.3 is 0 Å². The molecule has 1 saturated heterocycles. The summed E-state index contributed by atoms with van der Waals surface area (Å²) in [5, 5.41) is 3.01. The van der Waals surface area contributed by atoms with Gasteiger partial charge in [-0.3, -0.25) is 4.79 Å². The molecule has 120 valence electrons. The minimum atomic E-state index is -0.542. The van der Waals surface area contributed by atoms with Crippen molar-refractivity contribution in [2.45, 2.75) is 24.8 Å². The van der Waals surface area contributed by atoms with Gasteiger partial charge in [-0.15, -0.1) is 0 Å². The van der Waals surface area contributed by atoms with Crippen LogP contribution in [0.3, 0.4) is 0 Å². The Bertz CT molecular complexity index is 649. The van der Waals surface area contributed by atoms with Crippen LogP contribution in [0.15, 0.2) is 54.6 Å². The van der Waals surface area contributed by atoms with Gasteiger partial charge in [-0.05, 0) is 36.1 Å². The molecule has 0 atom stereocenters. The predicted molar refractivity (Wildman–Crippen MR) is 86.4 cm³/mol. The zero-order valence-electron chi connectivity index (χ0n) is 12.9. The molecule has 0 aromatic heterocycles. The molecule has 3 nitrogen and oxygen atoms in total. The molecule has 0 spiro atoms. The first kappa shape index (κ1) is 15.7. The first-order valence-corrected chi connectivity index (χ1v) is 7.87. The van der Waals surface area contributed by atoms with Crippen LogP contribution in [0.5, 0.6) is 0 Å². The van der Waals surface area contributed by atoms with Gasteiger partial charge in [0.2, 0.25) is 5.91 Å². The van der Waals surface area contributed by atoms with Gasteiger partial charge in [0.15, 0.2) is 0 Å². The largest absolute Gasteiger partial charge is 0.381 e. The molecule has 4 heteroatoms. The maximum absolute atomic E-state index is 13.0. The summed E-state index contributed by atoms with van der Waals surface area (Å²) in [6, 6.07) is 16.1. The molecule has 2 aromatic rings. The smallest absolute Gasteiger partial charge is 0.231 e. The van der Waals surface area contributed by atoms with Crippen LogP contribution in [-0.2, 0) is 21.5 Å². The van der Waals surface area contributed by atoms with E-state index in [0.29, 0.717) is 32.6 Å². The van der Waals surface area contributed by atoms with E-state index in [4.69, 9.17) is 4.74 Å². The number of hydrogen-bond donors (Lipinski definition) is 1. The minimum Gasteiger partial charge on any atom is -0.381 e. The fourth-order valence-corrected chi connectivity index (χ4v) is 3.08. The van der Waals surface area contributed by atoms with Gasteiger partial charge in [0.25, 0.3) is 0 Å². The Hall–Kier alpha value is -2.20. The molecule has 1 aliphatic rings. The third kappa shape index (κ3) is 3.42. The SMILES string of the molecule is O=C(NCc1ccc(F)cc1)C1(c2ccccc2)CCOCC1. The molecule has 23 heavy (non-hydrogen) atoms. The van der Waals surface area contributed by atoms with Gasteiger partial charge in [-0.1, -0.05) is 42.5 Å². The van der Waals surface area contributed by atoms with Crippen molar-refractivity contribution >= 4 is 5.91 Å². The summed E-state index contributed by atoms with van der Waals surface area (Å²) in [6.07, 6.45) is 1.35. The molecule has 1 amide bonds. The van der Waals surface area contributed by atoms with E-state index in [-0.39, 0.29) is 11.7 Å². The van der Waals surface area contributed by atoms with Crippen molar-refractivity contribution < 1.29 is 13.9 Å². The number of amides is 1. The van der Waals surface area contributed by atoms with Crippen LogP contribution in [0.4, 0.5) is 4.39 Å². The van der Waals surface area contributed by atoms with Gasteiger partial charge in [0.1, 0.15) is 5.82 Å². The lowest BCUT2D eigenvalue weighted by Crippen LogP contribution is -2.47. The lowest BCUT2D eigenvalue weighted by molar-refractivity contribution is -0.130. The topological polar surface area (TPSA) is 38.3 Å². The third-order valence-corrected chi connectivity index (χ3v) is 4.47. The summed E-state index contributed by atoms with van der Waals surface area (Å²) in [6.45, 7) is 1.56. The molecule has 1 heterocycles. The Balaban J connectivity index is 1.77. The summed E-state index contributed by atoms with van der Waals surface area (Å²) >= 11 is 0. The van der Waals surface area contributed by atoms with E-state index >= 15 is 0 Å². The second-order valence-corrected chi connectivity index (χ2v) is 5.87. The first-order valence-electron chi connectivity index (χ1n) is 7.87. The van der Waals surface area contributed by atoms with E-state index in [0.717, 1.165) is 11.1 Å². The quantitative estimate of drug-likeness (QED) is 0.941. The van der Waals surface area contributed by atoms with Crippen molar-refractivity contribution in [3.63, 3.8) is 0 Å². The standard InChI is InChI=1S/C19H20FNO2/c20-17-8-6-15(7-9-17)14-21-18(22)19(10-12-23-13-11-19)16-4-2-1-3-5-16/h1-9H,10-14H2,(H,21,22). The number of halogens is 1. The highest BCUT2D eigenvalue weighted by atomic mass is 19.1. The van der Waals surface area contributed by atoms with Crippen molar-refractivity contribution in [2.75, 3.05) is 13.2 Å². The average molecular weight is 313 g/mol. The van der Waals surface area contributed by atoms with Crippen LogP contribution < -0.4 is 5.32 Å². The molecule has 0 radical (unpaired) electrons. The van der Waals surface area contributed by atoms with Crippen LogP contribution >= 0.6 is 0 Å². The zero-order chi connectivity index (χ0) is 16.1. The first-order chi connectivity index (χ1) is 11.2. The molecule has 0 aliphatic carbocycles. The molecule has 2 aromatic carbocycles. The maximum atomic E-state index is 13.0. The molecule has 0 bridgehead atoms. The molecule has 3 rings (SSSR count). The Morgan fingerprint density at radius 1 is 1.04 bits per heavy atom. The van der Waals surface area contributed by atoms with Crippen LogP contribution in [0, 0.1) is 5.82 Å². The minimum absolute atomic E-state index is 0.0105. The number of benzene rings is 2. The second kappa shape index (κ2) is 6.92. The van der Waals surface area contributed by atoms with Crippen molar-refractivity contribution in [3.05, 3.63) is 71.5 Å².